The van der Waals surface area contributed by atoms with Crippen LogP contribution in [0.3, 0.4) is 0 Å². The van der Waals surface area contributed by atoms with Gasteiger partial charge in [-0.15, -0.1) is 0 Å². The lowest BCUT2D eigenvalue weighted by molar-refractivity contribution is 0.0955. The maximum Gasteiger partial charge on any atom is 0.273 e. The molecule has 0 aliphatic carbocycles. The molecule has 4 aromatic rings. The number of aryl methyl sites for hydroxylation is 1. The second-order valence-corrected chi connectivity index (χ2v) is 6.76. The van der Waals surface area contributed by atoms with Crippen molar-refractivity contribution in [2.45, 2.75) is 6.92 Å². The Labute approximate surface area is 172 Å². The number of rotatable bonds is 5. The van der Waals surface area contributed by atoms with E-state index in [2.05, 4.69) is 25.9 Å². The van der Waals surface area contributed by atoms with E-state index in [1.165, 1.54) is 4.68 Å². The average Bonchev–Trinajstić information content (AvgIpc) is 3.38. The van der Waals surface area contributed by atoms with Gasteiger partial charge in [0.1, 0.15) is 5.69 Å². The van der Waals surface area contributed by atoms with E-state index in [1.807, 2.05) is 36.4 Å². The number of amides is 2. The highest BCUT2D eigenvalue weighted by Gasteiger charge is 2.12. The second-order valence-electron chi connectivity index (χ2n) is 6.76. The zero-order valence-corrected chi connectivity index (χ0v) is 16.5. The highest BCUT2D eigenvalue weighted by Crippen LogP contribution is 2.17. The summed E-state index contributed by atoms with van der Waals surface area (Å²) in [5, 5.41) is 11.9. The predicted octanol–water partition coefficient (Wildman–Crippen LogP) is 3.31. The minimum absolute atomic E-state index is 0.255. The number of anilines is 1. The molecule has 150 valence electrons. The molecule has 0 unspecified atom stereocenters. The number of para-hydroxylation sites is 1. The fourth-order valence-electron chi connectivity index (χ4n) is 3.13. The van der Waals surface area contributed by atoms with Gasteiger partial charge in [-0.3, -0.25) is 14.3 Å². The van der Waals surface area contributed by atoms with Gasteiger partial charge in [-0.1, -0.05) is 30.3 Å². The van der Waals surface area contributed by atoms with Crippen molar-refractivity contribution in [3.8, 4) is 0 Å². The van der Waals surface area contributed by atoms with Crippen LogP contribution in [0, 0.1) is 0 Å². The van der Waals surface area contributed by atoms with E-state index in [1.54, 1.807) is 44.6 Å². The maximum absolute atomic E-state index is 12.5. The van der Waals surface area contributed by atoms with E-state index in [-0.39, 0.29) is 11.8 Å². The molecule has 0 fully saturated rings. The Bertz CT molecular complexity index is 1270. The van der Waals surface area contributed by atoms with Crippen LogP contribution in [0.25, 0.3) is 10.9 Å². The number of nitrogens with zero attached hydrogens (tertiary/aromatic N) is 3. The van der Waals surface area contributed by atoms with Crippen LogP contribution in [-0.4, -0.2) is 32.3 Å². The molecule has 3 N–H and O–H groups in total. The van der Waals surface area contributed by atoms with Crippen LogP contribution in [0.15, 0.2) is 72.1 Å². The van der Waals surface area contributed by atoms with Crippen LogP contribution in [0.2, 0.25) is 0 Å². The summed E-state index contributed by atoms with van der Waals surface area (Å²) in [7, 11) is 1.71. The summed E-state index contributed by atoms with van der Waals surface area (Å²) in [5.41, 5.74) is 6.47. The van der Waals surface area contributed by atoms with Gasteiger partial charge in [0, 0.05) is 36.0 Å². The summed E-state index contributed by atoms with van der Waals surface area (Å²) in [6.07, 6.45) is 3.23. The fourth-order valence-corrected chi connectivity index (χ4v) is 3.13. The quantitative estimate of drug-likeness (QED) is 0.354. The van der Waals surface area contributed by atoms with Crippen LogP contribution in [0.5, 0.6) is 0 Å². The van der Waals surface area contributed by atoms with E-state index in [0.29, 0.717) is 22.7 Å². The Balaban J connectivity index is 1.48. The molecule has 8 heteroatoms. The molecule has 8 nitrogen and oxygen atoms in total. The number of carbonyl (C=O) groups excluding carboxylic acids is 2. The van der Waals surface area contributed by atoms with Gasteiger partial charge < -0.3 is 10.3 Å². The summed E-state index contributed by atoms with van der Waals surface area (Å²) in [4.78, 5) is 28.0. The lowest BCUT2D eigenvalue weighted by Gasteiger charge is -2.08. The van der Waals surface area contributed by atoms with Crippen LogP contribution in [-0.2, 0) is 7.05 Å². The first-order valence-corrected chi connectivity index (χ1v) is 9.33. The molecule has 2 aromatic carbocycles. The van der Waals surface area contributed by atoms with Crippen molar-refractivity contribution in [1.29, 1.82) is 0 Å². The minimum Gasteiger partial charge on any atom is -0.360 e. The van der Waals surface area contributed by atoms with Gasteiger partial charge in [-0.25, -0.2) is 5.43 Å². The molecule has 2 amide bonds. The molecule has 4 rings (SSSR count). The number of H-pyrrole nitrogens is 1. The zero-order chi connectivity index (χ0) is 21.1. The molecule has 0 atom stereocenters. The first-order chi connectivity index (χ1) is 14.5. The highest BCUT2D eigenvalue weighted by atomic mass is 16.2. The molecule has 0 aliphatic rings. The molecule has 0 aliphatic heterocycles. The number of benzene rings is 2. The van der Waals surface area contributed by atoms with E-state index < -0.39 is 0 Å². The van der Waals surface area contributed by atoms with Crippen molar-refractivity contribution >= 4 is 34.1 Å². The number of carbonyl (C=O) groups is 2. The summed E-state index contributed by atoms with van der Waals surface area (Å²) < 4.78 is 1.51. The summed E-state index contributed by atoms with van der Waals surface area (Å²) in [6.45, 7) is 1.79. The zero-order valence-electron chi connectivity index (χ0n) is 16.5. The lowest BCUT2D eigenvalue weighted by Crippen LogP contribution is -2.19. The third kappa shape index (κ3) is 3.83. The van der Waals surface area contributed by atoms with Gasteiger partial charge in [-0.2, -0.15) is 10.2 Å². The van der Waals surface area contributed by atoms with Gasteiger partial charge >= 0.3 is 0 Å². The number of hydrazone groups is 1. The van der Waals surface area contributed by atoms with Crippen LogP contribution in [0.4, 0.5) is 5.69 Å². The van der Waals surface area contributed by atoms with Gasteiger partial charge in [0.05, 0.1) is 11.3 Å². The third-order valence-corrected chi connectivity index (χ3v) is 4.75. The minimum atomic E-state index is -0.299. The van der Waals surface area contributed by atoms with E-state index in [9.17, 15) is 9.59 Å². The summed E-state index contributed by atoms with van der Waals surface area (Å²) in [5.74, 6) is -0.554. The van der Waals surface area contributed by atoms with Gasteiger partial charge in [-0.05, 0) is 36.8 Å². The Morgan fingerprint density at radius 2 is 1.90 bits per heavy atom. The van der Waals surface area contributed by atoms with E-state index in [0.717, 1.165) is 16.5 Å². The molecular weight excluding hydrogens is 380 g/mol. The molecule has 0 spiro atoms. The Morgan fingerprint density at radius 3 is 2.70 bits per heavy atom. The van der Waals surface area contributed by atoms with Gasteiger partial charge in [0.15, 0.2) is 0 Å². The SMILES string of the molecule is CC(=NNC(=O)c1c[nH]c2ccccc12)c1cccc(NC(=O)c2ccnn2C)c1. The van der Waals surface area contributed by atoms with Gasteiger partial charge in [0.2, 0.25) is 0 Å². The molecule has 0 saturated carbocycles. The average molecular weight is 400 g/mol. The van der Waals surface area contributed by atoms with Crippen molar-refractivity contribution in [2.75, 3.05) is 5.32 Å². The first-order valence-electron chi connectivity index (χ1n) is 9.33. The molecule has 0 bridgehead atoms. The third-order valence-electron chi connectivity index (χ3n) is 4.75. The van der Waals surface area contributed by atoms with Crippen molar-refractivity contribution < 1.29 is 9.59 Å². The van der Waals surface area contributed by atoms with Crippen LogP contribution < -0.4 is 10.7 Å². The fraction of sp³-hybridized carbons (Fsp3) is 0.0909. The number of nitrogens with one attached hydrogen (secondary N) is 3. The molecular formula is C22H20N6O2. The monoisotopic (exact) mass is 400 g/mol. The molecule has 0 saturated heterocycles. The molecule has 2 aromatic heterocycles. The summed E-state index contributed by atoms with van der Waals surface area (Å²) in [6, 6.07) is 16.5. The van der Waals surface area contributed by atoms with E-state index in [4.69, 9.17) is 0 Å². The van der Waals surface area contributed by atoms with E-state index >= 15 is 0 Å². The standard InChI is InChI=1S/C22H20N6O2/c1-14(26-27-21(29)18-13-23-19-9-4-3-8-17(18)19)15-6-5-7-16(12-15)25-22(30)20-10-11-24-28(20)2/h3-13,23H,1-2H3,(H,25,30)(H,27,29). The summed E-state index contributed by atoms with van der Waals surface area (Å²) >= 11 is 0. The smallest absolute Gasteiger partial charge is 0.273 e. The Hall–Kier alpha value is -4.20. The van der Waals surface area contributed by atoms with Crippen molar-refractivity contribution in [1.82, 2.24) is 20.2 Å². The highest BCUT2D eigenvalue weighted by molar-refractivity contribution is 6.08. The number of aromatic amines is 1. The molecule has 2 heterocycles. The Morgan fingerprint density at radius 1 is 1.07 bits per heavy atom. The van der Waals surface area contributed by atoms with Crippen LogP contribution >= 0.6 is 0 Å². The van der Waals surface area contributed by atoms with Gasteiger partial charge in [0.25, 0.3) is 11.8 Å². The Kier molecular flexibility index (Phi) is 5.13. The molecule has 30 heavy (non-hydrogen) atoms. The maximum atomic E-state index is 12.5. The van der Waals surface area contributed by atoms with Crippen molar-refractivity contribution in [2.24, 2.45) is 12.1 Å². The first kappa shape index (κ1) is 19.1. The van der Waals surface area contributed by atoms with Crippen molar-refractivity contribution in [3.05, 3.63) is 83.8 Å². The van der Waals surface area contributed by atoms with Crippen LogP contribution in [0.1, 0.15) is 33.3 Å². The number of hydrogen-bond acceptors (Lipinski definition) is 4. The largest absolute Gasteiger partial charge is 0.360 e. The normalized spacial score (nSPS) is 11.5. The lowest BCUT2D eigenvalue weighted by atomic mass is 10.1. The van der Waals surface area contributed by atoms with Crippen molar-refractivity contribution in [3.63, 3.8) is 0 Å². The predicted molar refractivity (Wildman–Crippen MR) is 116 cm³/mol. The number of aromatic nitrogens is 3. The second kappa shape index (κ2) is 8.04. The topological polar surface area (TPSA) is 104 Å². The molecule has 0 radical (unpaired) electrons. The number of fused-ring (bicyclic) bond motifs is 1. The number of hydrogen-bond donors (Lipinski definition) is 3.